The number of nitrogens with one attached hydrogen (secondary N) is 1. The first-order valence-corrected chi connectivity index (χ1v) is 12.4. The van der Waals surface area contributed by atoms with Crippen molar-refractivity contribution in [1.29, 1.82) is 5.41 Å². The highest BCUT2D eigenvalue weighted by Gasteiger charge is 2.07. The fraction of sp³-hybridized carbons (Fsp3) is 0.290. The van der Waals surface area contributed by atoms with Crippen LogP contribution in [0.25, 0.3) is 22.3 Å². The van der Waals surface area contributed by atoms with E-state index in [1.54, 1.807) is 0 Å². The van der Waals surface area contributed by atoms with E-state index in [2.05, 4.69) is 68.1 Å². The Hall–Kier alpha value is -3.66. The maximum Gasteiger partial charge on any atom is 0.330 e. The molecule has 0 fully saturated rings. The summed E-state index contributed by atoms with van der Waals surface area (Å²) in [4.78, 5) is 11.0. The van der Waals surface area contributed by atoms with Crippen molar-refractivity contribution in [3.05, 3.63) is 90.5 Å². The Labute approximate surface area is 209 Å². The first-order chi connectivity index (χ1) is 17.1. The molecule has 4 heteroatoms. The van der Waals surface area contributed by atoms with Crippen molar-refractivity contribution in [3.63, 3.8) is 0 Å². The maximum atomic E-state index is 11.0. The van der Waals surface area contributed by atoms with Crippen LogP contribution in [0.3, 0.4) is 0 Å². The molecular weight excluding hydrogens is 434 g/mol. The summed E-state index contributed by atoms with van der Waals surface area (Å²) in [5, 5.41) is 7.94. The summed E-state index contributed by atoms with van der Waals surface area (Å²) in [5.74, 6) is 0.489. The molecule has 3 aromatic rings. The fourth-order valence-electron chi connectivity index (χ4n) is 3.99. The van der Waals surface area contributed by atoms with Gasteiger partial charge in [-0.05, 0) is 78.1 Å². The highest BCUT2D eigenvalue weighted by Crippen LogP contribution is 2.29. The molecule has 0 bridgehead atoms. The predicted octanol–water partition coefficient (Wildman–Crippen LogP) is 7.64. The zero-order valence-corrected chi connectivity index (χ0v) is 20.6. The van der Waals surface area contributed by atoms with Gasteiger partial charge in [-0.1, -0.05) is 68.5 Å². The van der Waals surface area contributed by atoms with E-state index < -0.39 is 0 Å². The van der Waals surface area contributed by atoms with E-state index in [1.807, 2.05) is 12.1 Å². The SMILES string of the molecule is C=CC(=O)OCCCCCCOc1ccc(-c2ccc(-c3ccc(CCC)cc3)c(C=N)c2)cc1. The maximum absolute atomic E-state index is 11.0. The van der Waals surface area contributed by atoms with E-state index >= 15 is 0 Å². The molecule has 1 N–H and O–H groups in total. The Morgan fingerprint density at radius 2 is 1.51 bits per heavy atom. The van der Waals surface area contributed by atoms with Gasteiger partial charge in [0.15, 0.2) is 0 Å². The third-order valence-corrected chi connectivity index (χ3v) is 5.92. The predicted molar refractivity (Wildman–Crippen MR) is 144 cm³/mol. The molecule has 0 spiro atoms. The standard InChI is InChI=1S/C31H35NO3/c1-3-9-24-10-12-26(13-11-24)30-19-16-27(22-28(30)23-32)25-14-17-29(18-15-25)34-20-7-5-6-8-21-35-31(33)4-2/h4,10-19,22-23,32H,2-3,5-9,20-21H2,1H3. The fourth-order valence-corrected chi connectivity index (χ4v) is 3.99. The van der Waals surface area contributed by atoms with Crippen LogP contribution in [0.4, 0.5) is 0 Å². The largest absolute Gasteiger partial charge is 0.494 e. The topological polar surface area (TPSA) is 59.4 Å². The Bertz CT molecular complexity index is 1100. The number of aryl methyl sites for hydroxylation is 1. The van der Waals surface area contributed by atoms with Crippen molar-refractivity contribution >= 4 is 12.2 Å². The molecular formula is C31H35NO3. The minimum atomic E-state index is -0.362. The number of rotatable bonds is 14. The average Bonchev–Trinajstić information content (AvgIpc) is 2.90. The first-order valence-electron chi connectivity index (χ1n) is 12.4. The summed E-state index contributed by atoms with van der Waals surface area (Å²) in [6.07, 6.45) is 8.69. The molecule has 4 nitrogen and oxygen atoms in total. The Kier molecular flexibility index (Phi) is 10.3. The van der Waals surface area contributed by atoms with Crippen molar-refractivity contribution in [2.45, 2.75) is 45.4 Å². The molecule has 182 valence electrons. The quantitative estimate of drug-likeness (QED) is 0.114. The summed E-state index contributed by atoms with van der Waals surface area (Å²) < 4.78 is 10.8. The van der Waals surface area contributed by atoms with Crippen molar-refractivity contribution in [2.24, 2.45) is 0 Å². The lowest BCUT2D eigenvalue weighted by atomic mass is 9.94. The van der Waals surface area contributed by atoms with Crippen LogP contribution in [0.15, 0.2) is 79.4 Å². The summed E-state index contributed by atoms with van der Waals surface area (Å²) in [7, 11) is 0. The van der Waals surface area contributed by atoms with Crippen LogP contribution in [0, 0.1) is 5.41 Å². The molecule has 0 atom stereocenters. The molecule has 3 rings (SSSR count). The molecule has 0 saturated carbocycles. The van der Waals surface area contributed by atoms with Gasteiger partial charge in [0.2, 0.25) is 0 Å². The second kappa shape index (κ2) is 13.9. The summed E-state index contributed by atoms with van der Waals surface area (Å²) >= 11 is 0. The van der Waals surface area contributed by atoms with Gasteiger partial charge in [0.25, 0.3) is 0 Å². The van der Waals surface area contributed by atoms with Gasteiger partial charge < -0.3 is 14.9 Å². The van der Waals surface area contributed by atoms with Crippen LogP contribution in [0.2, 0.25) is 0 Å². The molecule has 0 saturated heterocycles. The number of carbonyl (C=O) groups is 1. The molecule has 0 aliphatic carbocycles. The second-order valence-electron chi connectivity index (χ2n) is 8.55. The summed E-state index contributed by atoms with van der Waals surface area (Å²) in [6.45, 7) is 6.68. The molecule has 35 heavy (non-hydrogen) atoms. The van der Waals surface area contributed by atoms with Crippen molar-refractivity contribution in [3.8, 4) is 28.0 Å². The van der Waals surface area contributed by atoms with E-state index in [4.69, 9.17) is 14.9 Å². The van der Waals surface area contributed by atoms with E-state index in [9.17, 15) is 4.79 Å². The van der Waals surface area contributed by atoms with Gasteiger partial charge in [0.05, 0.1) is 13.2 Å². The number of esters is 1. The molecule has 0 heterocycles. The Morgan fingerprint density at radius 3 is 2.17 bits per heavy atom. The lowest BCUT2D eigenvalue weighted by Crippen LogP contribution is -2.02. The summed E-state index contributed by atoms with van der Waals surface area (Å²) in [6, 6.07) is 23.1. The molecule has 0 aliphatic heterocycles. The van der Waals surface area contributed by atoms with Crippen molar-refractivity contribution in [2.75, 3.05) is 13.2 Å². The van der Waals surface area contributed by atoms with Gasteiger partial charge in [-0.2, -0.15) is 0 Å². The number of carbonyl (C=O) groups excluding carboxylic acids is 1. The van der Waals surface area contributed by atoms with Crippen molar-refractivity contribution < 1.29 is 14.3 Å². The third-order valence-electron chi connectivity index (χ3n) is 5.92. The van der Waals surface area contributed by atoms with Gasteiger partial charge in [-0.15, -0.1) is 0 Å². The smallest absolute Gasteiger partial charge is 0.330 e. The second-order valence-corrected chi connectivity index (χ2v) is 8.55. The number of ether oxygens (including phenoxy) is 2. The lowest BCUT2D eigenvalue weighted by Gasteiger charge is -2.11. The van der Waals surface area contributed by atoms with E-state index in [1.165, 1.54) is 17.9 Å². The monoisotopic (exact) mass is 469 g/mol. The van der Waals surface area contributed by atoms with E-state index in [-0.39, 0.29) is 5.97 Å². The highest BCUT2D eigenvalue weighted by molar-refractivity contribution is 5.91. The molecule has 3 aromatic carbocycles. The van der Waals surface area contributed by atoms with Crippen LogP contribution in [0.5, 0.6) is 5.75 Å². The molecule has 0 aliphatic rings. The number of unbranched alkanes of at least 4 members (excludes halogenated alkanes) is 3. The normalized spacial score (nSPS) is 10.5. The van der Waals surface area contributed by atoms with Crippen LogP contribution in [0.1, 0.15) is 50.2 Å². The lowest BCUT2D eigenvalue weighted by molar-refractivity contribution is -0.137. The number of benzene rings is 3. The molecule has 0 radical (unpaired) electrons. The van der Waals surface area contributed by atoms with Crippen LogP contribution in [-0.4, -0.2) is 25.4 Å². The first kappa shape index (κ1) is 26.0. The molecule has 0 unspecified atom stereocenters. The Morgan fingerprint density at radius 1 is 0.857 bits per heavy atom. The van der Waals surface area contributed by atoms with E-state index in [0.717, 1.165) is 72.1 Å². The summed E-state index contributed by atoms with van der Waals surface area (Å²) in [5.41, 5.74) is 6.64. The minimum absolute atomic E-state index is 0.362. The number of hydrogen-bond donors (Lipinski definition) is 1. The number of hydrogen-bond acceptors (Lipinski definition) is 4. The average molecular weight is 470 g/mol. The van der Waals surface area contributed by atoms with Gasteiger partial charge in [-0.25, -0.2) is 4.79 Å². The van der Waals surface area contributed by atoms with Gasteiger partial charge in [0, 0.05) is 17.9 Å². The zero-order chi connectivity index (χ0) is 24.9. The highest BCUT2D eigenvalue weighted by atomic mass is 16.5. The minimum Gasteiger partial charge on any atom is -0.494 e. The van der Waals surface area contributed by atoms with E-state index in [0.29, 0.717) is 13.2 Å². The van der Waals surface area contributed by atoms with Crippen LogP contribution in [-0.2, 0) is 16.0 Å². The van der Waals surface area contributed by atoms with Crippen LogP contribution < -0.4 is 4.74 Å². The van der Waals surface area contributed by atoms with Gasteiger partial charge in [-0.3, -0.25) is 0 Å². The van der Waals surface area contributed by atoms with Crippen molar-refractivity contribution in [1.82, 2.24) is 0 Å². The molecule has 0 aromatic heterocycles. The third kappa shape index (κ3) is 7.96. The zero-order valence-electron chi connectivity index (χ0n) is 20.6. The van der Waals surface area contributed by atoms with Crippen LogP contribution >= 0.6 is 0 Å². The molecule has 0 amide bonds. The van der Waals surface area contributed by atoms with Gasteiger partial charge >= 0.3 is 5.97 Å². The Balaban J connectivity index is 1.52. The van der Waals surface area contributed by atoms with Gasteiger partial charge in [0.1, 0.15) is 5.75 Å².